The van der Waals surface area contributed by atoms with E-state index in [0.29, 0.717) is 48.4 Å². The monoisotopic (exact) mass is 411 g/mol. The van der Waals surface area contributed by atoms with Crippen LogP contribution in [-0.2, 0) is 4.74 Å². The van der Waals surface area contributed by atoms with Crippen molar-refractivity contribution in [2.75, 3.05) is 30.4 Å². The molecule has 1 aliphatic rings. The maximum Gasteiger partial charge on any atom is 0.338 e. The first kappa shape index (κ1) is 21.8. The van der Waals surface area contributed by atoms with Crippen LogP contribution in [0, 0.1) is 20.8 Å². The predicted octanol–water partition coefficient (Wildman–Crippen LogP) is 3.40. The Labute approximate surface area is 177 Å². The van der Waals surface area contributed by atoms with Gasteiger partial charge < -0.3 is 20.1 Å². The van der Waals surface area contributed by atoms with E-state index in [4.69, 9.17) is 4.74 Å². The fourth-order valence-corrected chi connectivity index (χ4v) is 3.69. The second-order valence-electron chi connectivity index (χ2n) is 8.19. The summed E-state index contributed by atoms with van der Waals surface area (Å²) in [5, 5.41) is 13.1. The van der Waals surface area contributed by atoms with Gasteiger partial charge in [-0.05, 0) is 69.4 Å². The van der Waals surface area contributed by atoms with Crippen molar-refractivity contribution < 1.29 is 19.4 Å². The largest absolute Gasteiger partial charge is 0.465 e. The normalized spacial score (nSPS) is 15.6. The maximum absolute atomic E-state index is 13.1. The van der Waals surface area contributed by atoms with E-state index in [-0.39, 0.29) is 5.91 Å². The minimum Gasteiger partial charge on any atom is -0.465 e. The Morgan fingerprint density at radius 3 is 2.37 bits per heavy atom. The molecule has 7 nitrogen and oxygen atoms in total. The average molecular weight is 412 g/mol. The number of methoxy groups -OCH3 is 1. The maximum atomic E-state index is 13.1. The van der Waals surface area contributed by atoms with Gasteiger partial charge in [0.1, 0.15) is 11.5 Å². The smallest absolute Gasteiger partial charge is 0.338 e. The third kappa shape index (κ3) is 4.46. The molecule has 1 aromatic heterocycles. The summed E-state index contributed by atoms with van der Waals surface area (Å²) in [7, 11) is 1.33. The number of anilines is 2. The fraction of sp³-hybridized carbons (Fsp3) is 0.435. The van der Waals surface area contributed by atoms with Crippen molar-refractivity contribution in [2.24, 2.45) is 0 Å². The number of nitrogens with one attached hydrogen (secondary N) is 1. The molecule has 1 saturated heterocycles. The highest BCUT2D eigenvalue weighted by Crippen LogP contribution is 2.27. The number of piperidine rings is 1. The molecule has 7 heteroatoms. The number of rotatable bonds is 4. The molecule has 30 heavy (non-hydrogen) atoms. The second kappa shape index (κ2) is 8.44. The van der Waals surface area contributed by atoms with Crippen molar-refractivity contribution in [1.29, 1.82) is 0 Å². The number of carbonyl (C=O) groups excluding carboxylic acids is 2. The van der Waals surface area contributed by atoms with Gasteiger partial charge in [0.15, 0.2) is 0 Å². The molecule has 0 saturated carbocycles. The average Bonchev–Trinajstić information content (AvgIpc) is 2.71. The minimum atomic E-state index is -0.652. The molecule has 2 N–H and O–H groups in total. The molecule has 0 aliphatic carbocycles. The molecular weight excluding hydrogens is 382 g/mol. The molecule has 160 valence electrons. The van der Waals surface area contributed by atoms with E-state index >= 15 is 0 Å². The zero-order valence-electron chi connectivity index (χ0n) is 18.2. The zero-order valence-corrected chi connectivity index (χ0v) is 18.2. The molecule has 3 rings (SSSR count). The van der Waals surface area contributed by atoms with E-state index in [9.17, 15) is 14.7 Å². The number of carbonyl (C=O) groups is 2. The van der Waals surface area contributed by atoms with Gasteiger partial charge in [0, 0.05) is 18.8 Å². The lowest BCUT2D eigenvalue weighted by Gasteiger charge is -2.36. The molecule has 1 amide bonds. The number of aromatic nitrogens is 1. The van der Waals surface area contributed by atoms with Crippen LogP contribution in [0.1, 0.15) is 57.3 Å². The summed E-state index contributed by atoms with van der Waals surface area (Å²) in [6.45, 7) is 8.72. The van der Waals surface area contributed by atoms with Crippen molar-refractivity contribution in [3.8, 4) is 0 Å². The summed E-state index contributed by atoms with van der Waals surface area (Å²) >= 11 is 0. The Morgan fingerprint density at radius 2 is 1.73 bits per heavy atom. The molecule has 0 unspecified atom stereocenters. The van der Waals surface area contributed by atoms with Crippen LogP contribution < -0.4 is 10.2 Å². The summed E-state index contributed by atoms with van der Waals surface area (Å²) in [6, 6.07) is 7.27. The van der Waals surface area contributed by atoms with Gasteiger partial charge in [0.2, 0.25) is 0 Å². The highest BCUT2D eigenvalue weighted by Gasteiger charge is 2.28. The number of benzene rings is 1. The van der Waals surface area contributed by atoms with Crippen LogP contribution in [0.25, 0.3) is 0 Å². The van der Waals surface area contributed by atoms with Gasteiger partial charge in [-0.1, -0.05) is 12.1 Å². The molecule has 2 aromatic rings. The predicted molar refractivity (Wildman–Crippen MR) is 116 cm³/mol. The van der Waals surface area contributed by atoms with Crippen molar-refractivity contribution in [1.82, 2.24) is 4.98 Å². The van der Waals surface area contributed by atoms with Gasteiger partial charge in [-0.15, -0.1) is 0 Å². The fourth-order valence-electron chi connectivity index (χ4n) is 3.69. The summed E-state index contributed by atoms with van der Waals surface area (Å²) in [5.41, 5.74) is 2.96. The Kier molecular flexibility index (Phi) is 6.12. The van der Waals surface area contributed by atoms with Gasteiger partial charge in [-0.2, -0.15) is 0 Å². The van der Waals surface area contributed by atoms with Gasteiger partial charge in [-0.25, -0.2) is 9.78 Å². The first-order valence-corrected chi connectivity index (χ1v) is 10.1. The van der Waals surface area contributed by atoms with Crippen LogP contribution in [0.5, 0.6) is 0 Å². The lowest BCUT2D eigenvalue weighted by Crippen LogP contribution is -2.42. The number of pyridine rings is 1. The second-order valence-corrected chi connectivity index (χ2v) is 8.19. The third-order valence-electron chi connectivity index (χ3n) is 5.78. The van der Waals surface area contributed by atoms with E-state index in [0.717, 1.165) is 16.9 Å². The first-order chi connectivity index (χ1) is 14.1. The third-order valence-corrected chi connectivity index (χ3v) is 5.78. The molecule has 0 radical (unpaired) electrons. The molecule has 0 bridgehead atoms. The van der Waals surface area contributed by atoms with Crippen LogP contribution >= 0.6 is 0 Å². The number of hydrogen-bond acceptors (Lipinski definition) is 6. The number of ether oxygens (including phenoxy) is 1. The van der Waals surface area contributed by atoms with Gasteiger partial charge in [0.25, 0.3) is 5.91 Å². The molecule has 1 aliphatic heterocycles. The summed E-state index contributed by atoms with van der Waals surface area (Å²) in [5.74, 6) is -0.0511. The number of aryl methyl sites for hydroxylation is 2. The van der Waals surface area contributed by atoms with Gasteiger partial charge >= 0.3 is 5.97 Å². The van der Waals surface area contributed by atoms with Crippen LogP contribution in [0.2, 0.25) is 0 Å². The van der Waals surface area contributed by atoms with Crippen molar-refractivity contribution in [3.63, 3.8) is 0 Å². The Bertz CT molecular complexity index is 975. The van der Waals surface area contributed by atoms with Crippen LogP contribution in [-0.4, -0.2) is 47.8 Å². The summed E-state index contributed by atoms with van der Waals surface area (Å²) in [6.07, 6.45) is 1.31. The van der Waals surface area contributed by atoms with Crippen molar-refractivity contribution >= 4 is 23.4 Å². The van der Waals surface area contributed by atoms with Crippen LogP contribution in [0.3, 0.4) is 0 Å². The van der Waals surface area contributed by atoms with E-state index in [1.807, 2.05) is 32.9 Å². The number of amides is 1. The molecule has 1 fully saturated rings. The summed E-state index contributed by atoms with van der Waals surface area (Å²) < 4.78 is 4.83. The molecule has 2 heterocycles. The number of nitrogens with zero attached hydrogens (tertiary/aromatic N) is 2. The number of esters is 1. The van der Waals surface area contributed by atoms with Crippen molar-refractivity contribution in [3.05, 3.63) is 52.2 Å². The lowest BCUT2D eigenvalue weighted by molar-refractivity contribution is 0.0350. The van der Waals surface area contributed by atoms with Gasteiger partial charge in [-0.3, -0.25) is 4.79 Å². The summed E-state index contributed by atoms with van der Waals surface area (Å²) in [4.78, 5) is 31.8. The van der Waals surface area contributed by atoms with Crippen LogP contribution in [0.15, 0.2) is 24.3 Å². The molecule has 1 aromatic carbocycles. The number of aliphatic hydroxyl groups is 1. The molecule has 0 spiro atoms. The standard InChI is InChI=1S/C23H29N3O4/c1-14-6-8-17(22(28)30-5)16(3)19(14)25-21(27)20-15(2)7-9-18(24-20)26-12-10-23(4,29)11-13-26/h6-9,29H,10-13H2,1-5H3,(H,25,27). The zero-order chi connectivity index (χ0) is 22.1. The molecule has 0 atom stereocenters. The van der Waals surface area contributed by atoms with E-state index < -0.39 is 11.6 Å². The number of hydrogen-bond donors (Lipinski definition) is 2. The van der Waals surface area contributed by atoms with E-state index in [1.165, 1.54) is 7.11 Å². The first-order valence-electron chi connectivity index (χ1n) is 10.1. The highest BCUT2D eigenvalue weighted by molar-refractivity contribution is 6.06. The van der Waals surface area contributed by atoms with Crippen molar-refractivity contribution in [2.45, 2.75) is 46.1 Å². The lowest BCUT2D eigenvalue weighted by atomic mass is 9.94. The van der Waals surface area contributed by atoms with E-state index in [2.05, 4.69) is 15.2 Å². The topological polar surface area (TPSA) is 91.8 Å². The van der Waals surface area contributed by atoms with E-state index in [1.54, 1.807) is 19.1 Å². The SMILES string of the molecule is COC(=O)c1ccc(C)c(NC(=O)c2nc(N3CCC(C)(O)CC3)ccc2C)c1C. The quantitative estimate of drug-likeness (QED) is 0.750. The highest BCUT2D eigenvalue weighted by atomic mass is 16.5. The Balaban J connectivity index is 1.87. The van der Waals surface area contributed by atoms with Crippen LogP contribution in [0.4, 0.5) is 11.5 Å². The Hall–Kier alpha value is -2.93. The van der Waals surface area contributed by atoms with Gasteiger partial charge in [0.05, 0.1) is 18.3 Å². The molecular formula is C23H29N3O4. The Morgan fingerprint density at radius 1 is 1.10 bits per heavy atom. The minimum absolute atomic E-state index is 0.327.